The number of aryl methyl sites for hydroxylation is 1. The third-order valence-electron chi connectivity index (χ3n) is 3.86. The van der Waals surface area contributed by atoms with Crippen molar-refractivity contribution < 1.29 is 19.1 Å². The van der Waals surface area contributed by atoms with Gasteiger partial charge in [-0.3, -0.25) is 10.1 Å². The lowest BCUT2D eigenvalue weighted by Gasteiger charge is -2.11. The molecular weight excluding hydrogens is 376 g/mol. The Labute approximate surface area is 168 Å². The standard InChI is InChI=1S/C21H20N2O4S/c1-14-3-2-4-17(11-14)26-13-20(25)23-21(28)22-16-7-5-15(6-8-16)19-10-9-18(12-24)27-19/h2-11,24H,12-13H2,1H3,(H2,22,23,25,28). The van der Waals surface area contributed by atoms with Gasteiger partial charge in [-0.15, -0.1) is 0 Å². The fourth-order valence-corrected chi connectivity index (χ4v) is 2.75. The maximum Gasteiger partial charge on any atom is 0.264 e. The van der Waals surface area contributed by atoms with Crippen molar-refractivity contribution in [2.24, 2.45) is 0 Å². The largest absolute Gasteiger partial charge is 0.484 e. The normalized spacial score (nSPS) is 10.4. The Morgan fingerprint density at radius 1 is 1.14 bits per heavy atom. The first-order valence-corrected chi connectivity index (χ1v) is 9.04. The molecule has 0 aliphatic carbocycles. The molecule has 28 heavy (non-hydrogen) atoms. The van der Waals surface area contributed by atoms with E-state index in [1.54, 1.807) is 18.2 Å². The lowest BCUT2D eigenvalue weighted by Crippen LogP contribution is -2.37. The van der Waals surface area contributed by atoms with Crippen molar-refractivity contribution in [1.29, 1.82) is 0 Å². The van der Waals surface area contributed by atoms with Gasteiger partial charge in [0, 0.05) is 11.3 Å². The monoisotopic (exact) mass is 396 g/mol. The molecule has 3 aromatic rings. The number of hydrogen-bond acceptors (Lipinski definition) is 5. The predicted octanol–water partition coefficient (Wildman–Crippen LogP) is 3.64. The van der Waals surface area contributed by atoms with Gasteiger partial charge in [-0.2, -0.15) is 0 Å². The highest BCUT2D eigenvalue weighted by molar-refractivity contribution is 7.80. The van der Waals surface area contributed by atoms with Gasteiger partial charge in [0.25, 0.3) is 5.91 Å². The molecule has 0 spiro atoms. The number of thiocarbonyl (C=S) groups is 1. The van der Waals surface area contributed by atoms with Crippen LogP contribution in [-0.2, 0) is 11.4 Å². The zero-order valence-corrected chi connectivity index (χ0v) is 16.1. The minimum Gasteiger partial charge on any atom is -0.484 e. The van der Waals surface area contributed by atoms with Gasteiger partial charge in [0.1, 0.15) is 23.9 Å². The van der Waals surface area contributed by atoms with Gasteiger partial charge in [-0.25, -0.2) is 0 Å². The highest BCUT2D eigenvalue weighted by Gasteiger charge is 2.08. The van der Waals surface area contributed by atoms with Crippen molar-refractivity contribution in [1.82, 2.24) is 5.32 Å². The van der Waals surface area contributed by atoms with E-state index in [4.69, 9.17) is 26.5 Å². The number of aliphatic hydroxyl groups excluding tert-OH is 1. The number of anilines is 1. The number of furan rings is 1. The summed E-state index contributed by atoms with van der Waals surface area (Å²) in [6.45, 7) is 1.69. The molecule has 1 amide bonds. The Kier molecular flexibility index (Phi) is 6.41. The van der Waals surface area contributed by atoms with Crippen molar-refractivity contribution >= 4 is 28.9 Å². The quantitative estimate of drug-likeness (QED) is 0.552. The van der Waals surface area contributed by atoms with Crippen LogP contribution in [0.1, 0.15) is 11.3 Å². The Morgan fingerprint density at radius 3 is 2.61 bits per heavy atom. The lowest BCUT2D eigenvalue weighted by molar-refractivity contribution is -0.121. The zero-order valence-electron chi connectivity index (χ0n) is 15.3. The number of ether oxygens (including phenoxy) is 1. The minimum atomic E-state index is -0.345. The maximum atomic E-state index is 12.0. The first-order chi connectivity index (χ1) is 13.5. The van der Waals surface area contributed by atoms with E-state index >= 15 is 0 Å². The van der Waals surface area contributed by atoms with E-state index in [2.05, 4.69) is 10.6 Å². The summed E-state index contributed by atoms with van der Waals surface area (Å²) >= 11 is 5.16. The lowest BCUT2D eigenvalue weighted by atomic mass is 10.1. The van der Waals surface area contributed by atoms with Gasteiger partial charge in [0.2, 0.25) is 0 Å². The number of amides is 1. The number of rotatable bonds is 6. The average molecular weight is 396 g/mol. The fraction of sp³-hybridized carbons (Fsp3) is 0.143. The zero-order chi connectivity index (χ0) is 19.9. The van der Waals surface area contributed by atoms with Crippen molar-refractivity contribution in [3.63, 3.8) is 0 Å². The molecule has 7 heteroatoms. The van der Waals surface area contributed by atoms with E-state index in [0.29, 0.717) is 17.3 Å². The minimum absolute atomic E-state index is 0.129. The van der Waals surface area contributed by atoms with Crippen LogP contribution in [-0.4, -0.2) is 22.7 Å². The number of benzene rings is 2. The van der Waals surface area contributed by atoms with Crippen molar-refractivity contribution in [2.45, 2.75) is 13.5 Å². The van der Waals surface area contributed by atoms with Crippen LogP contribution in [0.2, 0.25) is 0 Å². The maximum absolute atomic E-state index is 12.0. The second-order valence-electron chi connectivity index (χ2n) is 6.11. The first kappa shape index (κ1) is 19.6. The molecule has 0 saturated carbocycles. The van der Waals surface area contributed by atoms with Crippen LogP contribution in [0.3, 0.4) is 0 Å². The molecule has 3 N–H and O–H groups in total. The second-order valence-corrected chi connectivity index (χ2v) is 6.52. The van der Waals surface area contributed by atoms with Crippen LogP contribution in [0.25, 0.3) is 11.3 Å². The number of carbonyl (C=O) groups is 1. The van der Waals surface area contributed by atoms with E-state index in [-0.39, 0.29) is 24.2 Å². The van der Waals surface area contributed by atoms with Crippen LogP contribution in [0.5, 0.6) is 5.75 Å². The molecule has 0 saturated heterocycles. The molecule has 1 heterocycles. The Bertz CT molecular complexity index is 967. The Hall–Kier alpha value is -3.16. The van der Waals surface area contributed by atoms with Gasteiger partial charge in [0.15, 0.2) is 11.7 Å². The Morgan fingerprint density at radius 2 is 1.93 bits per heavy atom. The van der Waals surface area contributed by atoms with Crippen LogP contribution < -0.4 is 15.4 Å². The molecule has 144 valence electrons. The topological polar surface area (TPSA) is 83.7 Å². The number of nitrogens with one attached hydrogen (secondary N) is 2. The summed E-state index contributed by atoms with van der Waals surface area (Å²) in [4.78, 5) is 12.0. The van der Waals surface area contributed by atoms with Gasteiger partial charge in [0.05, 0.1) is 0 Å². The SMILES string of the molecule is Cc1cccc(OCC(=O)NC(=S)Nc2ccc(-c3ccc(CO)o3)cc2)c1. The molecule has 6 nitrogen and oxygen atoms in total. The van der Waals surface area contributed by atoms with Gasteiger partial charge in [-0.05, 0) is 73.2 Å². The van der Waals surface area contributed by atoms with Crippen molar-refractivity contribution in [2.75, 3.05) is 11.9 Å². The van der Waals surface area contributed by atoms with Crippen LogP contribution in [0, 0.1) is 6.92 Å². The van der Waals surface area contributed by atoms with Gasteiger partial charge >= 0.3 is 0 Å². The van der Waals surface area contributed by atoms with Crippen LogP contribution >= 0.6 is 12.2 Å². The summed E-state index contributed by atoms with van der Waals surface area (Å²) in [5, 5.41) is 14.8. The Balaban J connectivity index is 1.49. The smallest absolute Gasteiger partial charge is 0.264 e. The van der Waals surface area contributed by atoms with E-state index in [9.17, 15) is 4.79 Å². The molecule has 2 aromatic carbocycles. The van der Waals surface area contributed by atoms with Crippen molar-refractivity contribution in [3.05, 3.63) is 72.0 Å². The summed E-state index contributed by atoms with van der Waals surface area (Å²) in [5.41, 5.74) is 2.65. The molecule has 0 aliphatic heterocycles. The third kappa shape index (κ3) is 5.42. The van der Waals surface area contributed by atoms with E-state index in [1.807, 2.05) is 49.4 Å². The average Bonchev–Trinajstić information content (AvgIpc) is 3.16. The van der Waals surface area contributed by atoms with Gasteiger partial charge < -0.3 is 19.6 Å². The summed E-state index contributed by atoms with van der Waals surface area (Å²) in [6.07, 6.45) is 0. The second kappa shape index (κ2) is 9.16. The molecule has 0 fully saturated rings. The highest BCUT2D eigenvalue weighted by atomic mass is 32.1. The highest BCUT2D eigenvalue weighted by Crippen LogP contribution is 2.23. The molecule has 0 aliphatic rings. The molecule has 1 aromatic heterocycles. The van der Waals surface area contributed by atoms with E-state index < -0.39 is 0 Å². The van der Waals surface area contributed by atoms with Crippen molar-refractivity contribution in [3.8, 4) is 17.1 Å². The van der Waals surface area contributed by atoms with Crippen LogP contribution in [0.15, 0.2) is 65.1 Å². The fourth-order valence-electron chi connectivity index (χ4n) is 2.51. The predicted molar refractivity (Wildman–Crippen MR) is 111 cm³/mol. The number of carbonyl (C=O) groups excluding carboxylic acids is 1. The molecule has 0 atom stereocenters. The number of aliphatic hydroxyl groups is 1. The third-order valence-corrected chi connectivity index (χ3v) is 4.06. The number of hydrogen-bond donors (Lipinski definition) is 3. The van der Waals surface area contributed by atoms with Gasteiger partial charge in [-0.1, -0.05) is 12.1 Å². The molecular formula is C21H20N2O4S. The summed E-state index contributed by atoms with van der Waals surface area (Å²) in [7, 11) is 0. The summed E-state index contributed by atoms with van der Waals surface area (Å²) in [5.74, 6) is 1.46. The molecule has 0 bridgehead atoms. The molecule has 3 rings (SSSR count). The van der Waals surface area contributed by atoms with Crippen LogP contribution in [0.4, 0.5) is 5.69 Å². The summed E-state index contributed by atoms with van der Waals surface area (Å²) < 4.78 is 10.9. The molecule has 0 radical (unpaired) electrons. The molecule has 0 unspecified atom stereocenters. The summed E-state index contributed by atoms with van der Waals surface area (Å²) in [6, 6.07) is 18.3. The van der Waals surface area contributed by atoms with E-state index in [1.165, 1.54) is 0 Å². The first-order valence-electron chi connectivity index (χ1n) is 8.64. The van der Waals surface area contributed by atoms with E-state index in [0.717, 1.165) is 16.8 Å².